The van der Waals surface area contributed by atoms with Crippen LogP contribution in [0.25, 0.3) is 0 Å². The molecule has 11 nitrogen and oxygen atoms in total. The summed E-state index contributed by atoms with van der Waals surface area (Å²) in [5, 5.41) is 27.2. The Bertz CT molecular complexity index is 1300. The molecule has 11 heteroatoms. The molecular weight excluding hydrogens is 454 g/mol. The first kappa shape index (κ1) is 21.8. The average Bonchev–Trinajstić information content (AvgIpc) is 3.20. The standard InChI is InChI=1S/C24H25N5O6/c1-27-10-9-24-15-5-7-17(26-25-16-6-4-14(28(30)31)12-19(16)29(32)33)23(24)35-22-20(34-2)8-3-13(21(22)24)11-18(15)27/h3-4,6,8,12,15,18,23,25H,5,7,9-11H2,1-2H3/b26-17+/t15-,18+,23?,24-/m0/s1. The third-order valence-electron chi connectivity index (χ3n) is 8.32. The smallest absolute Gasteiger partial charge is 0.301 e. The number of nitro groups is 2. The van der Waals surface area contributed by atoms with Crippen LogP contribution >= 0.6 is 0 Å². The monoisotopic (exact) mass is 479 g/mol. The summed E-state index contributed by atoms with van der Waals surface area (Å²) in [4.78, 5) is 23.8. The predicted molar refractivity (Wildman–Crippen MR) is 127 cm³/mol. The number of nitrogens with one attached hydrogen (secondary N) is 1. The molecule has 35 heavy (non-hydrogen) atoms. The quantitative estimate of drug-likeness (QED) is 0.508. The summed E-state index contributed by atoms with van der Waals surface area (Å²) in [6.07, 6.45) is 3.24. The molecule has 1 unspecified atom stereocenters. The first-order chi connectivity index (χ1) is 16.8. The van der Waals surface area contributed by atoms with Crippen molar-refractivity contribution in [2.75, 3.05) is 26.1 Å². The number of piperidine rings is 1. The van der Waals surface area contributed by atoms with Gasteiger partial charge in [-0.15, -0.1) is 0 Å². The van der Waals surface area contributed by atoms with Crippen LogP contribution < -0.4 is 14.9 Å². The number of hydrogen-bond donors (Lipinski definition) is 1. The average molecular weight is 479 g/mol. The maximum Gasteiger partial charge on any atom is 0.301 e. The number of non-ortho nitro benzene ring substituents is 1. The van der Waals surface area contributed by atoms with E-state index in [2.05, 4.69) is 28.5 Å². The van der Waals surface area contributed by atoms with E-state index in [9.17, 15) is 20.2 Å². The number of methoxy groups -OCH3 is 1. The lowest BCUT2D eigenvalue weighted by Gasteiger charge is -2.57. The number of likely N-dealkylation sites (tertiary alicyclic amines) is 1. The molecule has 2 aliphatic carbocycles. The highest BCUT2D eigenvalue weighted by atomic mass is 16.6. The molecule has 2 aromatic carbocycles. The van der Waals surface area contributed by atoms with E-state index in [1.54, 1.807) is 7.11 Å². The van der Waals surface area contributed by atoms with Crippen LogP contribution in [-0.4, -0.2) is 53.3 Å². The van der Waals surface area contributed by atoms with E-state index in [4.69, 9.17) is 9.47 Å². The van der Waals surface area contributed by atoms with Crippen LogP contribution in [0.4, 0.5) is 17.1 Å². The summed E-state index contributed by atoms with van der Waals surface area (Å²) < 4.78 is 12.3. The Morgan fingerprint density at radius 2 is 2.06 bits per heavy atom. The second kappa shape index (κ2) is 7.64. The summed E-state index contributed by atoms with van der Waals surface area (Å²) in [5.41, 5.74) is 5.30. The van der Waals surface area contributed by atoms with Gasteiger partial charge in [0.05, 0.1) is 28.7 Å². The van der Waals surface area contributed by atoms with Gasteiger partial charge in [0.25, 0.3) is 5.69 Å². The first-order valence-corrected chi connectivity index (χ1v) is 11.7. The molecule has 2 bridgehead atoms. The van der Waals surface area contributed by atoms with Crippen molar-refractivity contribution in [3.63, 3.8) is 0 Å². The van der Waals surface area contributed by atoms with Crippen molar-refractivity contribution in [2.24, 2.45) is 11.0 Å². The number of nitro benzene ring substituents is 2. The van der Waals surface area contributed by atoms with Gasteiger partial charge in [0.2, 0.25) is 0 Å². The summed E-state index contributed by atoms with van der Waals surface area (Å²) in [7, 11) is 3.83. The van der Waals surface area contributed by atoms with Crippen molar-refractivity contribution < 1.29 is 19.3 Å². The van der Waals surface area contributed by atoms with Gasteiger partial charge in [0.15, 0.2) is 11.5 Å². The molecule has 2 aromatic rings. The minimum Gasteiger partial charge on any atom is -0.493 e. The summed E-state index contributed by atoms with van der Waals surface area (Å²) in [6.45, 7) is 0.950. The zero-order valence-electron chi connectivity index (χ0n) is 19.4. The van der Waals surface area contributed by atoms with E-state index in [0.717, 1.165) is 43.3 Å². The van der Waals surface area contributed by atoms with E-state index in [1.165, 1.54) is 23.3 Å². The highest BCUT2D eigenvalue weighted by Crippen LogP contribution is 2.63. The summed E-state index contributed by atoms with van der Waals surface area (Å²) >= 11 is 0. The molecule has 0 radical (unpaired) electrons. The number of rotatable bonds is 5. The van der Waals surface area contributed by atoms with Crippen molar-refractivity contribution in [3.05, 3.63) is 61.7 Å². The van der Waals surface area contributed by atoms with Gasteiger partial charge in [0, 0.05) is 23.1 Å². The van der Waals surface area contributed by atoms with Crippen LogP contribution in [0, 0.1) is 26.1 Å². The van der Waals surface area contributed by atoms with E-state index < -0.39 is 15.5 Å². The van der Waals surface area contributed by atoms with Gasteiger partial charge >= 0.3 is 5.69 Å². The Morgan fingerprint density at radius 1 is 1.23 bits per heavy atom. The molecule has 1 saturated carbocycles. The van der Waals surface area contributed by atoms with Crippen LogP contribution in [-0.2, 0) is 11.8 Å². The van der Waals surface area contributed by atoms with Crippen molar-refractivity contribution in [1.82, 2.24) is 4.90 Å². The van der Waals surface area contributed by atoms with Crippen molar-refractivity contribution in [3.8, 4) is 11.5 Å². The van der Waals surface area contributed by atoms with Gasteiger partial charge < -0.3 is 14.4 Å². The fourth-order valence-corrected chi connectivity index (χ4v) is 6.81. The molecule has 182 valence electrons. The van der Waals surface area contributed by atoms with E-state index in [-0.39, 0.29) is 22.9 Å². The molecular formula is C24H25N5O6. The number of ether oxygens (including phenoxy) is 2. The number of anilines is 1. The first-order valence-electron chi connectivity index (χ1n) is 11.7. The molecule has 0 amide bonds. The fraction of sp³-hybridized carbons (Fsp3) is 0.458. The molecule has 2 heterocycles. The van der Waals surface area contributed by atoms with Crippen LogP contribution in [0.2, 0.25) is 0 Å². The van der Waals surface area contributed by atoms with Gasteiger partial charge in [-0.25, -0.2) is 0 Å². The Balaban J connectivity index is 1.42. The number of hydrogen-bond acceptors (Lipinski definition) is 9. The van der Waals surface area contributed by atoms with Gasteiger partial charge in [-0.3, -0.25) is 25.7 Å². The topological polar surface area (TPSA) is 132 Å². The normalized spacial score (nSPS) is 29.3. The van der Waals surface area contributed by atoms with Crippen LogP contribution in [0.1, 0.15) is 30.4 Å². The highest BCUT2D eigenvalue weighted by Gasteiger charge is 2.65. The lowest BCUT2D eigenvalue weighted by Crippen LogP contribution is -2.65. The number of hydrazone groups is 1. The van der Waals surface area contributed by atoms with E-state index in [1.807, 2.05) is 6.07 Å². The second-order valence-corrected chi connectivity index (χ2v) is 9.75. The fourth-order valence-electron chi connectivity index (χ4n) is 6.81. The Morgan fingerprint density at radius 3 is 2.80 bits per heavy atom. The predicted octanol–water partition coefficient (Wildman–Crippen LogP) is 3.65. The Labute approximate surface area is 201 Å². The number of benzene rings is 2. The van der Waals surface area contributed by atoms with Crippen LogP contribution in [0.3, 0.4) is 0 Å². The molecule has 1 saturated heterocycles. The molecule has 1 N–H and O–H groups in total. The summed E-state index contributed by atoms with van der Waals surface area (Å²) in [6, 6.07) is 8.03. The third-order valence-corrected chi connectivity index (χ3v) is 8.32. The Hall–Kier alpha value is -3.73. The largest absolute Gasteiger partial charge is 0.493 e. The zero-order valence-corrected chi connectivity index (χ0v) is 19.4. The number of nitrogens with zero attached hydrogens (tertiary/aromatic N) is 4. The van der Waals surface area contributed by atoms with Crippen molar-refractivity contribution in [1.29, 1.82) is 0 Å². The van der Waals surface area contributed by atoms with Crippen LogP contribution in [0.15, 0.2) is 35.4 Å². The van der Waals surface area contributed by atoms with E-state index in [0.29, 0.717) is 24.1 Å². The zero-order chi connectivity index (χ0) is 24.5. The minimum atomic E-state index is -0.655. The molecule has 2 aliphatic heterocycles. The number of likely N-dealkylation sites (N-methyl/N-ethyl adjacent to an activating group) is 1. The van der Waals surface area contributed by atoms with Crippen molar-refractivity contribution >= 4 is 22.8 Å². The molecule has 4 aliphatic rings. The highest BCUT2D eigenvalue weighted by molar-refractivity contribution is 5.94. The SMILES string of the molecule is COc1ccc2c3c1OC1/C(=N/Nc4ccc([N+](=O)[O-])cc4[N+](=O)[O-])CC[C@H]4[C@@H](C2)N(C)CC[C@]314. The molecule has 1 spiro atoms. The van der Waals surface area contributed by atoms with Gasteiger partial charge in [-0.05, 0) is 62.9 Å². The van der Waals surface area contributed by atoms with Crippen molar-refractivity contribution in [2.45, 2.75) is 43.2 Å². The molecule has 0 aromatic heterocycles. The van der Waals surface area contributed by atoms with Gasteiger partial charge in [-0.1, -0.05) is 6.07 Å². The maximum atomic E-state index is 11.6. The summed E-state index contributed by atoms with van der Waals surface area (Å²) in [5.74, 6) is 1.92. The molecule has 6 rings (SSSR count). The minimum absolute atomic E-state index is 0.103. The molecule has 4 atom stereocenters. The second-order valence-electron chi connectivity index (χ2n) is 9.75. The third kappa shape index (κ3) is 2.97. The van der Waals surface area contributed by atoms with E-state index >= 15 is 0 Å². The van der Waals surface area contributed by atoms with Crippen LogP contribution in [0.5, 0.6) is 11.5 Å². The lowest BCUT2D eigenvalue weighted by atomic mass is 9.51. The Kier molecular flexibility index (Phi) is 4.75. The lowest BCUT2D eigenvalue weighted by molar-refractivity contribution is -0.393. The van der Waals surface area contributed by atoms with Gasteiger partial charge in [-0.2, -0.15) is 5.10 Å². The molecule has 2 fully saturated rings. The van der Waals surface area contributed by atoms with Gasteiger partial charge in [0.1, 0.15) is 11.8 Å². The maximum absolute atomic E-state index is 11.6.